The third-order valence-electron chi connectivity index (χ3n) is 4.02. The highest BCUT2D eigenvalue weighted by Crippen LogP contribution is 2.22. The molecule has 0 bridgehead atoms. The van der Waals surface area contributed by atoms with Crippen molar-refractivity contribution in [1.82, 2.24) is 5.32 Å². The Morgan fingerprint density at radius 2 is 1.65 bits per heavy atom. The fourth-order valence-corrected chi connectivity index (χ4v) is 2.37. The minimum Gasteiger partial charge on any atom is -0.347 e. The molecule has 0 unspecified atom stereocenters. The minimum atomic E-state index is -0.770. The summed E-state index contributed by atoms with van der Waals surface area (Å²) in [5.41, 5.74) is 1.70. The minimum absolute atomic E-state index is 0.228. The van der Waals surface area contributed by atoms with Crippen molar-refractivity contribution in [2.45, 2.75) is 25.7 Å². The molecule has 0 atom stereocenters. The van der Waals surface area contributed by atoms with Crippen LogP contribution >= 0.6 is 0 Å². The quantitative estimate of drug-likeness (QED) is 0.811. The lowest BCUT2D eigenvalue weighted by molar-refractivity contribution is -0.136. The number of benzene rings is 2. The van der Waals surface area contributed by atoms with E-state index in [9.17, 15) is 14.0 Å². The molecule has 2 aromatic carbocycles. The average Bonchev–Trinajstić information content (AvgIpc) is 2.62. The van der Waals surface area contributed by atoms with Crippen molar-refractivity contribution in [3.63, 3.8) is 0 Å². The number of amides is 2. The first-order valence-electron chi connectivity index (χ1n) is 8.13. The maximum atomic E-state index is 13.0. The van der Waals surface area contributed by atoms with Crippen LogP contribution in [-0.2, 0) is 21.4 Å². The Balaban J connectivity index is 1.91. The molecule has 2 N–H and O–H groups in total. The first-order valence-corrected chi connectivity index (χ1v) is 8.13. The monoisotopic (exact) mass is 353 g/mol. The Morgan fingerprint density at radius 1 is 1.04 bits per heavy atom. The number of nitrogens with one attached hydrogen (secondary N) is 2. The fourth-order valence-electron chi connectivity index (χ4n) is 2.37. The predicted molar refractivity (Wildman–Crippen MR) is 96.8 cm³/mol. The largest absolute Gasteiger partial charge is 0.347 e. The van der Waals surface area contributed by atoms with Gasteiger partial charge >= 0.3 is 11.8 Å². The smallest absolute Gasteiger partial charge is 0.313 e. The molecule has 2 amide bonds. The van der Waals surface area contributed by atoms with Gasteiger partial charge in [-0.25, -0.2) is 4.39 Å². The number of rotatable bonds is 5. The lowest BCUT2D eigenvalue weighted by Crippen LogP contribution is -2.42. The Morgan fingerprint density at radius 3 is 2.23 bits per heavy atom. The molecule has 26 heavy (non-hydrogen) atoms. The highest BCUT2D eigenvalue weighted by molar-refractivity contribution is 6.39. The molecular formula is C20H20FN3O2. The van der Waals surface area contributed by atoms with Gasteiger partial charge in [0.25, 0.3) is 0 Å². The molecule has 0 spiro atoms. The van der Waals surface area contributed by atoms with Crippen LogP contribution in [0.3, 0.4) is 0 Å². The number of anilines is 1. The number of hydrogen-bond acceptors (Lipinski definition) is 3. The van der Waals surface area contributed by atoms with Crippen LogP contribution in [0.15, 0.2) is 48.5 Å². The molecule has 6 heteroatoms. The lowest BCUT2D eigenvalue weighted by Gasteiger charge is -2.25. The molecule has 0 aromatic heterocycles. The summed E-state index contributed by atoms with van der Waals surface area (Å²) in [5.74, 6) is -1.84. The standard InChI is InChI=1S/C20H20FN3O2/c1-20(2,15-5-7-16(21)8-6-15)13-23-18(25)19(26)24-17-9-3-14(4-10-17)11-12-22/h3-10H,11,13H2,1-2H3,(H,23,25)(H,24,26). The number of nitriles is 1. The van der Waals surface area contributed by atoms with E-state index in [0.29, 0.717) is 5.69 Å². The van der Waals surface area contributed by atoms with E-state index in [1.807, 2.05) is 19.9 Å². The van der Waals surface area contributed by atoms with Crippen molar-refractivity contribution in [1.29, 1.82) is 5.26 Å². The number of carbonyl (C=O) groups is 2. The van der Waals surface area contributed by atoms with Gasteiger partial charge in [-0.05, 0) is 35.4 Å². The van der Waals surface area contributed by atoms with Crippen LogP contribution in [0.5, 0.6) is 0 Å². The van der Waals surface area contributed by atoms with Crippen LogP contribution in [0, 0.1) is 17.1 Å². The normalized spacial score (nSPS) is 10.7. The summed E-state index contributed by atoms with van der Waals surface area (Å²) >= 11 is 0. The van der Waals surface area contributed by atoms with Crippen molar-refractivity contribution in [2.24, 2.45) is 0 Å². The van der Waals surface area contributed by atoms with Gasteiger partial charge in [-0.15, -0.1) is 0 Å². The summed E-state index contributed by atoms with van der Waals surface area (Å²) in [6, 6.07) is 14.8. The van der Waals surface area contributed by atoms with E-state index in [0.717, 1.165) is 11.1 Å². The average molecular weight is 353 g/mol. The molecule has 0 heterocycles. The number of halogens is 1. The van der Waals surface area contributed by atoms with Crippen molar-refractivity contribution in [2.75, 3.05) is 11.9 Å². The molecule has 2 rings (SSSR count). The van der Waals surface area contributed by atoms with Crippen molar-refractivity contribution in [3.8, 4) is 6.07 Å². The molecule has 5 nitrogen and oxygen atoms in total. The van der Waals surface area contributed by atoms with Gasteiger partial charge in [0.05, 0.1) is 12.5 Å². The Bertz CT molecular complexity index is 822. The van der Waals surface area contributed by atoms with E-state index in [-0.39, 0.29) is 18.8 Å². The highest BCUT2D eigenvalue weighted by Gasteiger charge is 2.23. The Labute approximate surface area is 151 Å². The lowest BCUT2D eigenvalue weighted by atomic mass is 9.84. The van der Waals surface area contributed by atoms with E-state index in [2.05, 4.69) is 10.6 Å². The van der Waals surface area contributed by atoms with Gasteiger partial charge in [-0.3, -0.25) is 9.59 Å². The zero-order valence-corrected chi connectivity index (χ0v) is 14.7. The van der Waals surface area contributed by atoms with Gasteiger partial charge in [0, 0.05) is 17.6 Å². The molecule has 0 saturated carbocycles. The van der Waals surface area contributed by atoms with Gasteiger partial charge in [-0.1, -0.05) is 38.1 Å². The van der Waals surface area contributed by atoms with Crippen LogP contribution in [-0.4, -0.2) is 18.4 Å². The molecule has 0 fully saturated rings. The van der Waals surface area contributed by atoms with Crippen LogP contribution in [0.2, 0.25) is 0 Å². The zero-order valence-electron chi connectivity index (χ0n) is 14.7. The Hall–Kier alpha value is -3.20. The van der Waals surface area contributed by atoms with Gasteiger partial charge in [0.1, 0.15) is 5.82 Å². The van der Waals surface area contributed by atoms with E-state index in [1.54, 1.807) is 36.4 Å². The second-order valence-corrected chi connectivity index (χ2v) is 6.56. The third-order valence-corrected chi connectivity index (χ3v) is 4.02. The molecule has 0 aliphatic heterocycles. The van der Waals surface area contributed by atoms with E-state index >= 15 is 0 Å². The zero-order chi connectivity index (χ0) is 19.2. The van der Waals surface area contributed by atoms with E-state index in [4.69, 9.17) is 5.26 Å². The van der Waals surface area contributed by atoms with Gasteiger partial charge in [0.15, 0.2) is 0 Å². The molecule has 0 radical (unpaired) electrons. The van der Waals surface area contributed by atoms with Crippen molar-refractivity contribution >= 4 is 17.5 Å². The first kappa shape index (κ1) is 19.1. The van der Waals surface area contributed by atoms with Gasteiger partial charge in [-0.2, -0.15) is 5.26 Å². The van der Waals surface area contributed by atoms with Crippen LogP contribution in [0.4, 0.5) is 10.1 Å². The summed E-state index contributed by atoms with van der Waals surface area (Å²) < 4.78 is 13.0. The maximum absolute atomic E-state index is 13.0. The molecular weight excluding hydrogens is 333 g/mol. The summed E-state index contributed by atoms with van der Waals surface area (Å²) in [6.07, 6.45) is 0.285. The van der Waals surface area contributed by atoms with Gasteiger partial charge in [0.2, 0.25) is 0 Å². The fraction of sp³-hybridized carbons (Fsp3) is 0.250. The van der Waals surface area contributed by atoms with Gasteiger partial charge < -0.3 is 10.6 Å². The number of nitrogens with zero attached hydrogens (tertiary/aromatic N) is 1. The van der Waals surface area contributed by atoms with Crippen molar-refractivity contribution in [3.05, 3.63) is 65.5 Å². The van der Waals surface area contributed by atoms with E-state index < -0.39 is 17.2 Å². The second-order valence-electron chi connectivity index (χ2n) is 6.56. The second kappa shape index (κ2) is 8.26. The van der Waals surface area contributed by atoms with Crippen LogP contribution < -0.4 is 10.6 Å². The molecule has 2 aromatic rings. The SMILES string of the molecule is CC(C)(CNC(=O)C(=O)Nc1ccc(CC#N)cc1)c1ccc(F)cc1. The summed E-state index contributed by atoms with van der Waals surface area (Å²) in [6.45, 7) is 4.02. The molecule has 134 valence electrons. The predicted octanol–water partition coefficient (Wildman–Crippen LogP) is 2.92. The first-order chi connectivity index (χ1) is 12.3. The summed E-state index contributed by atoms with van der Waals surface area (Å²) in [5, 5.41) is 13.7. The van der Waals surface area contributed by atoms with Crippen LogP contribution in [0.1, 0.15) is 25.0 Å². The molecule has 0 aliphatic rings. The van der Waals surface area contributed by atoms with Crippen molar-refractivity contribution < 1.29 is 14.0 Å². The summed E-state index contributed by atoms with van der Waals surface area (Å²) in [7, 11) is 0. The molecule has 0 saturated heterocycles. The molecule has 0 aliphatic carbocycles. The highest BCUT2D eigenvalue weighted by atomic mass is 19.1. The topological polar surface area (TPSA) is 82.0 Å². The van der Waals surface area contributed by atoms with Crippen LogP contribution in [0.25, 0.3) is 0 Å². The third kappa shape index (κ3) is 5.15. The maximum Gasteiger partial charge on any atom is 0.313 e. The Kier molecular flexibility index (Phi) is 6.07. The van der Waals surface area contributed by atoms with E-state index in [1.165, 1.54) is 12.1 Å². The number of carbonyl (C=O) groups excluding carboxylic acids is 2. The number of hydrogen-bond donors (Lipinski definition) is 2. The summed E-state index contributed by atoms with van der Waals surface area (Å²) in [4.78, 5) is 24.0.